The first-order valence-corrected chi connectivity index (χ1v) is 5.19. The van der Waals surface area contributed by atoms with Crippen molar-refractivity contribution in [2.75, 3.05) is 33.2 Å². The minimum Gasteiger partial charge on any atom is -0.472 e. The van der Waals surface area contributed by atoms with Crippen LogP contribution in [-0.4, -0.2) is 48.9 Å². The molecule has 1 aromatic rings. The number of furan rings is 1. The van der Waals surface area contributed by atoms with E-state index in [1.807, 2.05) is 4.90 Å². The van der Waals surface area contributed by atoms with E-state index in [0.717, 1.165) is 26.2 Å². The molecule has 0 aliphatic carbocycles. The van der Waals surface area contributed by atoms with Gasteiger partial charge in [-0.2, -0.15) is 0 Å². The topological polar surface area (TPSA) is 36.7 Å². The van der Waals surface area contributed by atoms with Crippen LogP contribution in [0, 0.1) is 5.41 Å². The molecule has 0 saturated carbocycles. The van der Waals surface area contributed by atoms with Gasteiger partial charge in [0.05, 0.1) is 11.8 Å². The van der Waals surface area contributed by atoms with E-state index in [1.165, 1.54) is 6.26 Å². The van der Waals surface area contributed by atoms with E-state index in [2.05, 4.69) is 11.9 Å². The van der Waals surface area contributed by atoms with Gasteiger partial charge in [0, 0.05) is 31.6 Å². The van der Waals surface area contributed by atoms with Crippen LogP contribution in [0.3, 0.4) is 0 Å². The normalized spacial score (nSPS) is 23.7. The lowest BCUT2D eigenvalue weighted by molar-refractivity contribution is -0.0872. The van der Waals surface area contributed by atoms with Crippen LogP contribution >= 0.6 is 0 Å². The highest BCUT2D eigenvalue weighted by molar-refractivity contribution is 5.94. The number of carbonyl (C=O) groups excluding carboxylic acids is 1. The fourth-order valence-electron chi connectivity index (χ4n) is 2.77. The monoisotopic (exact) mass is 206 g/mol. The van der Waals surface area contributed by atoms with Crippen LogP contribution in [0.25, 0.3) is 0 Å². The van der Waals surface area contributed by atoms with Crippen LogP contribution in [0.15, 0.2) is 23.0 Å². The summed E-state index contributed by atoms with van der Waals surface area (Å²) in [6.45, 7) is 4.06. The highest BCUT2D eigenvalue weighted by Crippen LogP contribution is 2.39. The highest BCUT2D eigenvalue weighted by Gasteiger charge is 2.51. The molecule has 0 N–H and O–H groups in total. The smallest absolute Gasteiger partial charge is 0.257 e. The van der Waals surface area contributed by atoms with Crippen molar-refractivity contribution in [3.8, 4) is 0 Å². The van der Waals surface area contributed by atoms with E-state index in [4.69, 9.17) is 4.42 Å². The first-order valence-electron chi connectivity index (χ1n) is 5.19. The van der Waals surface area contributed by atoms with Crippen molar-refractivity contribution in [1.29, 1.82) is 0 Å². The summed E-state index contributed by atoms with van der Waals surface area (Å²) in [5.74, 6) is 0.101. The van der Waals surface area contributed by atoms with Crippen molar-refractivity contribution in [2.45, 2.75) is 0 Å². The van der Waals surface area contributed by atoms with E-state index in [9.17, 15) is 4.79 Å². The van der Waals surface area contributed by atoms with Crippen LogP contribution in [0.4, 0.5) is 0 Å². The first-order chi connectivity index (χ1) is 7.19. The zero-order valence-corrected chi connectivity index (χ0v) is 8.77. The summed E-state index contributed by atoms with van der Waals surface area (Å²) in [6, 6.07) is 1.72. The van der Waals surface area contributed by atoms with Gasteiger partial charge in [0.2, 0.25) is 0 Å². The summed E-state index contributed by atoms with van der Waals surface area (Å²) in [5, 5.41) is 0. The molecule has 3 rings (SSSR count). The van der Waals surface area contributed by atoms with Gasteiger partial charge in [-0.25, -0.2) is 0 Å². The molecular formula is C11H14N2O2. The van der Waals surface area contributed by atoms with Gasteiger partial charge in [0.1, 0.15) is 6.26 Å². The van der Waals surface area contributed by atoms with Crippen LogP contribution in [-0.2, 0) is 0 Å². The fourth-order valence-corrected chi connectivity index (χ4v) is 2.77. The van der Waals surface area contributed by atoms with Gasteiger partial charge in [0.25, 0.3) is 5.91 Å². The minimum atomic E-state index is 0.101. The first kappa shape index (κ1) is 8.97. The average Bonchev–Trinajstić information content (AvgIpc) is 2.60. The van der Waals surface area contributed by atoms with Crippen LogP contribution in [0.5, 0.6) is 0 Å². The Labute approximate surface area is 88.4 Å². The minimum absolute atomic E-state index is 0.101. The Morgan fingerprint density at radius 2 is 2.13 bits per heavy atom. The standard InChI is InChI=1S/C11H14N2O2/c1-12-5-11(6-12)7-13(8-11)10(14)9-2-3-15-4-9/h2-4H,5-8H2,1H3. The van der Waals surface area contributed by atoms with Crippen molar-refractivity contribution >= 4 is 5.91 Å². The van der Waals surface area contributed by atoms with Gasteiger partial charge in [-0.05, 0) is 13.1 Å². The van der Waals surface area contributed by atoms with Crippen molar-refractivity contribution in [2.24, 2.45) is 5.41 Å². The van der Waals surface area contributed by atoms with Gasteiger partial charge in [-0.3, -0.25) is 4.79 Å². The Morgan fingerprint density at radius 3 is 2.67 bits per heavy atom. The van der Waals surface area contributed by atoms with Gasteiger partial charge < -0.3 is 14.2 Å². The molecule has 1 aromatic heterocycles. The van der Waals surface area contributed by atoms with Crippen LogP contribution in [0.1, 0.15) is 10.4 Å². The Bertz CT molecular complexity index is 371. The molecule has 1 amide bonds. The molecule has 0 atom stereocenters. The van der Waals surface area contributed by atoms with Crippen molar-refractivity contribution < 1.29 is 9.21 Å². The zero-order valence-electron chi connectivity index (χ0n) is 8.77. The van der Waals surface area contributed by atoms with E-state index in [1.54, 1.807) is 12.3 Å². The Morgan fingerprint density at radius 1 is 1.40 bits per heavy atom. The number of nitrogens with zero attached hydrogens (tertiary/aromatic N) is 2. The summed E-state index contributed by atoms with van der Waals surface area (Å²) < 4.78 is 4.91. The van der Waals surface area contributed by atoms with Crippen LogP contribution < -0.4 is 0 Å². The molecule has 80 valence electrons. The number of likely N-dealkylation sites (tertiary alicyclic amines) is 2. The van der Waals surface area contributed by atoms with E-state index >= 15 is 0 Å². The van der Waals surface area contributed by atoms with Crippen molar-refractivity contribution in [3.05, 3.63) is 24.2 Å². The molecule has 15 heavy (non-hydrogen) atoms. The Kier molecular flexibility index (Phi) is 1.71. The molecule has 2 saturated heterocycles. The van der Waals surface area contributed by atoms with Crippen molar-refractivity contribution in [3.63, 3.8) is 0 Å². The largest absolute Gasteiger partial charge is 0.472 e. The third-order valence-electron chi connectivity index (χ3n) is 3.32. The lowest BCUT2D eigenvalue weighted by Crippen LogP contribution is -2.71. The molecule has 0 radical (unpaired) electrons. The molecular weight excluding hydrogens is 192 g/mol. The zero-order chi connectivity index (χ0) is 10.5. The average molecular weight is 206 g/mol. The second-order valence-corrected chi connectivity index (χ2v) is 4.85. The molecule has 1 spiro atoms. The van der Waals surface area contributed by atoms with Gasteiger partial charge in [0.15, 0.2) is 0 Å². The Hall–Kier alpha value is -1.29. The number of rotatable bonds is 1. The second-order valence-electron chi connectivity index (χ2n) is 4.85. The second kappa shape index (κ2) is 2.85. The van der Waals surface area contributed by atoms with E-state index in [0.29, 0.717) is 11.0 Å². The molecule has 0 unspecified atom stereocenters. The predicted molar refractivity (Wildman–Crippen MR) is 54.5 cm³/mol. The maximum Gasteiger partial charge on any atom is 0.257 e. The Balaban J connectivity index is 1.62. The molecule has 4 heteroatoms. The van der Waals surface area contributed by atoms with E-state index < -0.39 is 0 Å². The highest BCUT2D eigenvalue weighted by atomic mass is 16.3. The maximum absolute atomic E-state index is 11.8. The van der Waals surface area contributed by atoms with Crippen molar-refractivity contribution in [1.82, 2.24) is 9.80 Å². The molecule has 2 fully saturated rings. The van der Waals surface area contributed by atoms with Crippen LogP contribution in [0.2, 0.25) is 0 Å². The summed E-state index contributed by atoms with van der Waals surface area (Å²) in [6.07, 6.45) is 3.06. The summed E-state index contributed by atoms with van der Waals surface area (Å²) >= 11 is 0. The molecule has 2 aliphatic rings. The quantitative estimate of drug-likeness (QED) is 0.677. The summed E-state index contributed by atoms with van der Waals surface area (Å²) in [4.78, 5) is 16.0. The number of carbonyl (C=O) groups is 1. The molecule has 3 heterocycles. The third kappa shape index (κ3) is 1.28. The summed E-state index contributed by atoms with van der Waals surface area (Å²) in [7, 11) is 2.12. The SMILES string of the molecule is CN1CC2(C1)CN(C(=O)c1ccoc1)C2. The predicted octanol–water partition coefficient (Wildman–Crippen LogP) is 0.667. The van der Waals surface area contributed by atoms with Gasteiger partial charge >= 0.3 is 0 Å². The van der Waals surface area contributed by atoms with Gasteiger partial charge in [-0.15, -0.1) is 0 Å². The van der Waals surface area contributed by atoms with Gasteiger partial charge in [-0.1, -0.05) is 0 Å². The number of amides is 1. The number of hydrogen-bond donors (Lipinski definition) is 0. The molecule has 4 nitrogen and oxygen atoms in total. The molecule has 0 bridgehead atoms. The fraction of sp³-hybridized carbons (Fsp3) is 0.545. The lowest BCUT2D eigenvalue weighted by Gasteiger charge is -2.59. The van der Waals surface area contributed by atoms with E-state index in [-0.39, 0.29) is 5.91 Å². The lowest BCUT2D eigenvalue weighted by atomic mass is 9.73. The molecule has 2 aliphatic heterocycles. The molecule has 0 aromatic carbocycles. The number of hydrogen-bond acceptors (Lipinski definition) is 3. The summed E-state index contributed by atoms with van der Waals surface area (Å²) in [5.41, 5.74) is 1.08. The third-order valence-corrected chi connectivity index (χ3v) is 3.32. The maximum atomic E-state index is 11.8.